The summed E-state index contributed by atoms with van der Waals surface area (Å²) < 4.78 is 11.7. The van der Waals surface area contributed by atoms with Gasteiger partial charge in [0.05, 0.1) is 31.2 Å². The van der Waals surface area contributed by atoms with Crippen LogP contribution in [0.1, 0.15) is 42.1 Å². The molecule has 4 atom stereocenters. The Morgan fingerprint density at radius 1 is 1.03 bits per heavy atom. The number of hydrogen-bond donors (Lipinski definition) is 1. The van der Waals surface area contributed by atoms with Gasteiger partial charge in [-0.3, -0.25) is 4.79 Å². The van der Waals surface area contributed by atoms with Crippen molar-refractivity contribution in [1.82, 2.24) is 4.90 Å². The van der Waals surface area contributed by atoms with E-state index < -0.39 is 11.1 Å². The Kier molecular flexibility index (Phi) is 3.34. The second-order valence-corrected chi connectivity index (χ2v) is 8.42. The van der Waals surface area contributed by atoms with Gasteiger partial charge in [0.15, 0.2) is 0 Å². The molecule has 0 saturated carbocycles. The van der Waals surface area contributed by atoms with Crippen LogP contribution in [0.25, 0.3) is 0 Å². The molecule has 2 saturated heterocycles. The van der Waals surface area contributed by atoms with Crippen molar-refractivity contribution in [2.75, 3.05) is 11.9 Å². The Morgan fingerprint density at radius 3 is 2.62 bits per heavy atom. The Morgan fingerprint density at radius 2 is 1.83 bits per heavy atom. The zero-order valence-electron chi connectivity index (χ0n) is 16.2. The molecule has 2 aromatic carbocycles. The Bertz CT molecular complexity index is 1080. The minimum Gasteiger partial charge on any atom is -0.472 e. The van der Waals surface area contributed by atoms with E-state index in [0.29, 0.717) is 13.0 Å². The number of rotatable bonds is 2. The summed E-state index contributed by atoms with van der Waals surface area (Å²) in [5.41, 5.74) is 2.79. The second-order valence-electron chi connectivity index (χ2n) is 8.42. The lowest BCUT2D eigenvalue weighted by atomic mass is 9.72. The van der Waals surface area contributed by atoms with Crippen molar-refractivity contribution < 1.29 is 13.9 Å². The van der Waals surface area contributed by atoms with Crippen molar-refractivity contribution in [3.63, 3.8) is 0 Å². The Labute approximate surface area is 169 Å². The average molecular weight is 386 g/mol. The highest BCUT2D eigenvalue weighted by molar-refractivity contribution is 5.97. The lowest BCUT2D eigenvalue weighted by Gasteiger charge is -2.31. The fourth-order valence-corrected chi connectivity index (χ4v) is 5.63. The molecule has 0 unspecified atom stereocenters. The number of carbonyl (C=O) groups is 1. The van der Waals surface area contributed by atoms with E-state index in [1.807, 2.05) is 47.4 Å². The molecular formula is C24H22N2O3. The third kappa shape index (κ3) is 2.11. The summed E-state index contributed by atoms with van der Waals surface area (Å²) in [6.07, 6.45) is 4.00. The lowest BCUT2D eigenvalue weighted by Crippen LogP contribution is -2.43. The van der Waals surface area contributed by atoms with Gasteiger partial charge in [-0.2, -0.15) is 0 Å². The van der Waals surface area contributed by atoms with Crippen LogP contribution >= 0.6 is 0 Å². The SMILES string of the molecule is C[C@@]12C[C@@]3(C(=O)N1[C@@H](c1ccccc1)CO2)c1ccccc1N[C@@H]3c1ccoc1. The number of anilines is 1. The van der Waals surface area contributed by atoms with Crippen molar-refractivity contribution >= 4 is 11.6 Å². The van der Waals surface area contributed by atoms with Crippen LogP contribution in [-0.4, -0.2) is 23.1 Å². The van der Waals surface area contributed by atoms with E-state index in [-0.39, 0.29) is 18.0 Å². The fraction of sp³-hybridized carbons (Fsp3) is 0.292. The van der Waals surface area contributed by atoms with Gasteiger partial charge < -0.3 is 19.4 Å². The van der Waals surface area contributed by atoms with Crippen LogP contribution in [0.3, 0.4) is 0 Å². The summed E-state index contributed by atoms with van der Waals surface area (Å²) in [6.45, 7) is 2.57. The molecule has 3 aliphatic rings. The number of furan rings is 1. The Balaban J connectivity index is 1.52. The standard InChI is InChI=1S/C24H22N2O3/c1-23-15-24(22(27)26(23)20(14-29-23)16-7-3-2-4-8-16)18-9-5-6-10-19(18)25-21(24)17-11-12-28-13-17/h2-13,20-21,25H,14-15H2,1H3/t20-,21-,23-,24-/m1/s1. The summed E-state index contributed by atoms with van der Waals surface area (Å²) in [5, 5.41) is 3.60. The maximum Gasteiger partial charge on any atom is 0.238 e. The quantitative estimate of drug-likeness (QED) is 0.709. The van der Waals surface area contributed by atoms with Crippen molar-refractivity contribution in [2.24, 2.45) is 0 Å². The second kappa shape index (κ2) is 5.74. The van der Waals surface area contributed by atoms with Gasteiger partial charge in [-0.15, -0.1) is 0 Å². The third-order valence-electron chi connectivity index (χ3n) is 6.84. The average Bonchev–Trinajstić information content (AvgIpc) is 3.48. The first kappa shape index (κ1) is 16.9. The van der Waals surface area contributed by atoms with E-state index in [0.717, 1.165) is 22.4 Å². The number of benzene rings is 2. The molecule has 3 aromatic rings. The van der Waals surface area contributed by atoms with Gasteiger partial charge in [0, 0.05) is 17.7 Å². The molecule has 5 heteroatoms. The number of nitrogens with one attached hydrogen (secondary N) is 1. The molecule has 1 aromatic heterocycles. The van der Waals surface area contributed by atoms with Crippen molar-refractivity contribution in [3.8, 4) is 0 Å². The van der Waals surface area contributed by atoms with Crippen LogP contribution in [-0.2, 0) is 14.9 Å². The molecule has 1 spiro atoms. The van der Waals surface area contributed by atoms with Crippen LogP contribution in [0.4, 0.5) is 5.69 Å². The molecule has 1 amide bonds. The highest BCUT2D eigenvalue weighted by Crippen LogP contribution is 2.61. The summed E-state index contributed by atoms with van der Waals surface area (Å²) in [5.74, 6) is 0.120. The van der Waals surface area contributed by atoms with Crippen LogP contribution in [0.2, 0.25) is 0 Å². The number of ether oxygens (including phenoxy) is 1. The monoisotopic (exact) mass is 386 g/mol. The first-order chi connectivity index (χ1) is 14.1. The minimum atomic E-state index is -0.720. The normalized spacial score (nSPS) is 32.4. The molecule has 2 fully saturated rings. The van der Waals surface area contributed by atoms with Gasteiger partial charge in [0.25, 0.3) is 0 Å². The topological polar surface area (TPSA) is 54.7 Å². The number of carbonyl (C=O) groups excluding carboxylic acids is 1. The summed E-state index contributed by atoms with van der Waals surface area (Å²) in [4.78, 5) is 16.2. The van der Waals surface area contributed by atoms with Gasteiger partial charge in [-0.25, -0.2) is 0 Å². The first-order valence-electron chi connectivity index (χ1n) is 10.0. The lowest BCUT2D eigenvalue weighted by molar-refractivity contribution is -0.139. The summed E-state index contributed by atoms with van der Waals surface area (Å²) in [6, 6.07) is 20.0. The smallest absolute Gasteiger partial charge is 0.238 e. The van der Waals surface area contributed by atoms with Crippen LogP contribution in [0.5, 0.6) is 0 Å². The molecule has 29 heavy (non-hydrogen) atoms. The van der Waals surface area contributed by atoms with E-state index >= 15 is 0 Å². The van der Waals surface area contributed by atoms with E-state index in [4.69, 9.17) is 9.15 Å². The predicted octanol–water partition coefficient (Wildman–Crippen LogP) is 4.40. The number of hydrogen-bond acceptors (Lipinski definition) is 4. The fourth-order valence-electron chi connectivity index (χ4n) is 5.63. The van der Waals surface area contributed by atoms with Crippen molar-refractivity contribution in [2.45, 2.75) is 36.6 Å². The Hall–Kier alpha value is -3.05. The number of para-hydroxylation sites is 1. The highest BCUT2D eigenvalue weighted by atomic mass is 16.5. The van der Waals surface area contributed by atoms with Gasteiger partial charge in [-0.1, -0.05) is 48.5 Å². The van der Waals surface area contributed by atoms with E-state index in [1.165, 1.54) is 0 Å². The third-order valence-corrected chi connectivity index (χ3v) is 6.84. The summed E-state index contributed by atoms with van der Waals surface area (Å²) in [7, 11) is 0. The molecule has 0 aliphatic carbocycles. The number of nitrogens with zero attached hydrogens (tertiary/aromatic N) is 1. The zero-order valence-corrected chi connectivity index (χ0v) is 16.2. The minimum absolute atomic E-state index is 0.0779. The first-order valence-corrected chi connectivity index (χ1v) is 10.0. The molecule has 6 rings (SSSR count). The maximum absolute atomic E-state index is 14.2. The molecule has 1 N–H and O–H groups in total. The van der Waals surface area contributed by atoms with E-state index in [1.54, 1.807) is 12.5 Å². The summed E-state index contributed by atoms with van der Waals surface area (Å²) >= 11 is 0. The van der Waals surface area contributed by atoms with Gasteiger partial charge in [0.1, 0.15) is 11.1 Å². The van der Waals surface area contributed by atoms with Gasteiger partial charge in [-0.05, 0) is 30.2 Å². The largest absolute Gasteiger partial charge is 0.472 e. The van der Waals surface area contributed by atoms with Crippen LogP contribution < -0.4 is 5.32 Å². The van der Waals surface area contributed by atoms with Crippen LogP contribution in [0.15, 0.2) is 77.6 Å². The molecule has 5 nitrogen and oxygen atoms in total. The van der Waals surface area contributed by atoms with Crippen LogP contribution in [0, 0.1) is 0 Å². The van der Waals surface area contributed by atoms with E-state index in [2.05, 4.69) is 30.4 Å². The molecule has 3 aliphatic heterocycles. The number of fused-ring (bicyclic) bond motifs is 3. The predicted molar refractivity (Wildman–Crippen MR) is 108 cm³/mol. The van der Waals surface area contributed by atoms with E-state index in [9.17, 15) is 4.79 Å². The molecule has 4 heterocycles. The highest BCUT2D eigenvalue weighted by Gasteiger charge is 2.68. The maximum atomic E-state index is 14.2. The number of amides is 1. The molecular weight excluding hydrogens is 364 g/mol. The molecule has 146 valence electrons. The van der Waals surface area contributed by atoms with Gasteiger partial charge >= 0.3 is 0 Å². The van der Waals surface area contributed by atoms with Gasteiger partial charge in [0.2, 0.25) is 5.91 Å². The van der Waals surface area contributed by atoms with Crippen molar-refractivity contribution in [3.05, 3.63) is 89.9 Å². The molecule has 0 radical (unpaired) electrons. The zero-order chi connectivity index (χ0) is 19.6. The van der Waals surface area contributed by atoms with Crippen molar-refractivity contribution in [1.29, 1.82) is 0 Å². The molecule has 0 bridgehead atoms.